The van der Waals surface area contributed by atoms with Gasteiger partial charge in [-0.15, -0.1) is 0 Å². The van der Waals surface area contributed by atoms with E-state index < -0.39 is 17.6 Å². The molecule has 0 saturated carbocycles. The average molecular weight is 339 g/mol. The predicted molar refractivity (Wildman–Crippen MR) is 92.9 cm³/mol. The van der Waals surface area contributed by atoms with Crippen LogP contribution >= 0.6 is 11.6 Å². The summed E-state index contributed by atoms with van der Waals surface area (Å²) in [5.74, 6) is -2.55. The highest BCUT2D eigenvalue weighted by molar-refractivity contribution is 6.30. The van der Waals surface area contributed by atoms with Crippen molar-refractivity contribution in [3.05, 3.63) is 76.8 Å². The van der Waals surface area contributed by atoms with Crippen LogP contribution in [0, 0.1) is 17.2 Å². The Kier molecular flexibility index (Phi) is 6.30. The van der Waals surface area contributed by atoms with E-state index in [2.05, 4.69) is 5.32 Å². The number of nitrogens with zero attached hydrogens (tertiary/aromatic N) is 1. The van der Waals surface area contributed by atoms with Crippen LogP contribution in [0.5, 0.6) is 0 Å². The molecule has 0 radical (unpaired) electrons. The molecule has 1 unspecified atom stereocenters. The molecule has 0 aliphatic carbocycles. The summed E-state index contributed by atoms with van der Waals surface area (Å²) in [6.45, 7) is 0.267. The minimum Gasteiger partial charge on any atom is -0.350 e. The molecule has 120 valence electrons. The van der Waals surface area contributed by atoms with Crippen molar-refractivity contribution in [2.24, 2.45) is 5.92 Å². The van der Waals surface area contributed by atoms with E-state index >= 15 is 0 Å². The fourth-order valence-electron chi connectivity index (χ4n) is 2.02. The Morgan fingerprint density at radius 1 is 1.17 bits per heavy atom. The third-order valence-corrected chi connectivity index (χ3v) is 3.51. The van der Waals surface area contributed by atoms with Gasteiger partial charge in [0.15, 0.2) is 11.7 Å². The van der Waals surface area contributed by atoms with Crippen LogP contribution in [0.15, 0.2) is 60.7 Å². The molecule has 0 aliphatic heterocycles. The number of hydrogen-bond acceptors (Lipinski definition) is 3. The summed E-state index contributed by atoms with van der Waals surface area (Å²) in [6, 6.07) is 17.9. The maximum atomic E-state index is 12.1. The average Bonchev–Trinajstić information content (AvgIpc) is 2.60. The number of nitrogens with one attached hydrogen (secondary N) is 1. The second-order valence-electron chi connectivity index (χ2n) is 5.06. The van der Waals surface area contributed by atoms with Gasteiger partial charge in [0.1, 0.15) is 0 Å². The number of benzene rings is 2. The lowest BCUT2D eigenvalue weighted by atomic mass is 10.0. The molecule has 2 aromatic rings. The first-order valence-corrected chi connectivity index (χ1v) is 7.66. The Bertz CT molecular complexity index is 795. The third kappa shape index (κ3) is 5.08. The number of carbonyl (C=O) groups excluding carboxylic acids is 2. The van der Waals surface area contributed by atoms with Gasteiger partial charge < -0.3 is 5.32 Å². The number of halogens is 1. The van der Waals surface area contributed by atoms with E-state index in [0.29, 0.717) is 5.02 Å². The van der Waals surface area contributed by atoms with E-state index in [0.717, 1.165) is 11.1 Å². The molecule has 0 spiro atoms. The SMILES string of the molecule is N#CC(C(=O)C=Cc1cccc(Cl)c1)C(=O)NCc1ccccc1. The Labute approximate surface area is 145 Å². The largest absolute Gasteiger partial charge is 0.350 e. The minimum absolute atomic E-state index is 0.267. The molecule has 2 aromatic carbocycles. The molecule has 0 aromatic heterocycles. The highest BCUT2D eigenvalue weighted by atomic mass is 35.5. The van der Waals surface area contributed by atoms with Gasteiger partial charge in [0, 0.05) is 11.6 Å². The molecule has 0 bridgehead atoms. The number of ketones is 1. The maximum absolute atomic E-state index is 12.1. The van der Waals surface area contributed by atoms with Crippen LogP contribution in [0.2, 0.25) is 5.02 Å². The molecule has 0 saturated heterocycles. The Morgan fingerprint density at radius 3 is 2.58 bits per heavy atom. The fraction of sp³-hybridized carbons (Fsp3) is 0.105. The number of carbonyl (C=O) groups is 2. The molecule has 0 aliphatic rings. The molecule has 0 fully saturated rings. The van der Waals surface area contributed by atoms with E-state index in [4.69, 9.17) is 16.9 Å². The number of nitriles is 1. The molecule has 1 amide bonds. The van der Waals surface area contributed by atoms with Crippen molar-refractivity contribution in [1.29, 1.82) is 5.26 Å². The molecule has 1 atom stereocenters. The highest BCUT2D eigenvalue weighted by Gasteiger charge is 2.23. The van der Waals surface area contributed by atoms with Crippen molar-refractivity contribution in [2.75, 3.05) is 0 Å². The fourth-order valence-corrected chi connectivity index (χ4v) is 2.22. The number of allylic oxidation sites excluding steroid dienone is 1. The van der Waals surface area contributed by atoms with Gasteiger partial charge in [-0.1, -0.05) is 60.1 Å². The summed E-state index contributed by atoms with van der Waals surface area (Å²) < 4.78 is 0. The first-order chi connectivity index (χ1) is 11.6. The second kappa shape index (κ2) is 8.66. The van der Waals surface area contributed by atoms with Gasteiger partial charge in [-0.2, -0.15) is 5.26 Å². The van der Waals surface area contributed by atoms with Crippen molar-refractivity contribution in [2.45, 2.75) is 6.54 Å². The minimum atomic E-state index is -1.37. The van der Waals surface area contributed by atoms with Crippen LogP contribution in [0.1, 0.15) is 11.1 Å². The lowest BCUT2D eigenvalue weighted by Gasteiger charge is -2.08. The molecular weight excluding hydrogens is 324 g/mol. The normalized spacial score (nSPS) is 11.7. The summed E-state index contributed by atoms with van der Waals surface area (Å²) in [4.78, 5) is 24.1. The Morgan fingerprint density at radius 2 is 1.92 bits per heavy atom. The van der Waals surface area contributed by atoms with E-state index in [1.807, 2.05) is 30.3 Å². The van der Waals surface area contributed by atoms with Crippen LogP contribution in [-0.4, -0.2) is 11.7 Å². The molecule has 0 heterocycles. The Hall–Kier alpha value is -2.90. The second-order valence-corrected chi connectivity index (χ2v) is 5.49. The van der Waals surface area contributed by atoms with Gasteiger partial charge in [0.2, 0.25) is 5.91 Å². The molecule has 2 rings (SSSR count). The number of amides is 1. The van der Waals surface area contributed by atoms with Crippen molar-refractivity contribution in [1.82, 2.24) is 5.32 Å². The Balaban J connectivity index is 1.98. The summed E-state index contributed by atoms with van der Waals surface area (Å²) in [5, 5.41) is 12.3. The zero-order chi connectivity index (χ0) is 17.4. The van der Waals surface area contributed by atoms with E-state index in [1.54, 1.807) is 30.3 Å². The third-order valence-electron chi connectivity index (χ3n) is 3.27. The van der Waals surface area contributed by atoms with Crippen molar-refractivity contribution in [3.63, 3.8) is 0 Å². The zero-order valence-electron chi connectivity index (χ0n) is 12.8. The van der Waals surface area contributed by atoms with Gasteiger partial charge in [0.05, 0.1) is 6.07 Å². The van der Waals surface area contributed by atoms with Crippen molar-refractivity contribution < 1.29 is 9.59 Å². The van der Waals surface area contributed by atoms with Crippen LogP contribution in [0.4, 0.5) is 0 Å². The summed E-state index contributed by atoms with van der Waals surface area (Å²) in [5.41, 5.74) is 1.61. The van der Waals surface area contributed by atoms with Gasteiger partial charge in [-0.3, -0.25) is 9.59 Å². The monoisotopic (exact) mass is 338 g/mol. The van der Waals surface area contributed by atoms with Crippen LogP contribution in [0.3, 0.4) is 0 Å². The topological polar surface area (TPSA) is 70.0 Å². The molecular formula is C19H15ClN2O2. The summed E-state index contributed by atoms with van der Waals surface area (Å²) in [6.07, 6.45) is 2.75. The predicted octanol–water partition coefficient (Wildman–Crippen LogP) is 3.38. The lowest BCUT2D eigenvalue weighted by Crippen LogP contribution is -2.33. The first-order valence-electron chi connectivity index (χ1n) is 7.29. The van der Waals surface area contributed by atoms with Crippen molar-refractivity contribution in [3.8, 4) is 6.07 Å². The molecule has 24 heavy (non-hydrogen) atoms. The highest BCUT2D eigenvalue weighted by Crippen LogP contribution is 2.12. The molecule has 1 N–H and O–H groups in total. The van der Waals surface area contributed by atoms with E-state index in [-0.39, 0.29) is 6.54 Å². The van der Waals surface area contributed by atoms with Gasteiger partial charge in [0.25, 0.3) is 0 Å². The first kappa shape index (κ1) is 17.5. The molecule has 5 heteroatoms. The maximum Gasteiger partial charge on any atom is 0.245 e. The number of rotatable bonds is 6. The van der Waals surface area contributed by atoms with Gasteiger partial charge >= 0.3 is 0 Å². The quantitative estimate of drug-likeness (QED) is 0.648. The van der Waals surface area contributed by atoms with E-state index in [1.165, 1.54) is 12.2 Å². The van der Waals surface area contributed by atoms with Gasteiger partial charge in [-0.25, -0.2) is 0 Å². The summed E-state index contributed by atoms with van der Waals surface area (Å²) >= 11 is 5.86. The van der Waals surface area contributed by atoms with Crippen LogP contribution in [0.25, 0.3) is 6.08 Å². The zero-order valence-corrected chi connectivity index (χ0v) is 13.5. The molecule has 4 nitrogen and oxygen atoms in total. The van der Waals surface area contributed by atoms with Crippen molar-refractivity contribution >= 4 is 29.4 Å². The smallest absolute Gasteiger partial charge is 0.245 e. The van der Waals surface area contributed by atoms with E-state index in [9.17, 15) is 9.59 Å². The van der Waals surface area contributed by atoms with Crippen LogP contribution in [-0.2, 0) is 16.1 Å². The standard InChI is InChI=1S/C19H15ClN2O2/c20-16-8-4-7-14(11-16)9-10-18(23)17(12-21)19(24)22-13-15-5-2-1-3-6-15/h1-11,17H,13H2,(H,22,24). The summed E-state index contributed by atoms with van der Waals surface area (Å²) in [7, 11) is 0. The number of hydrogen-bond donors (Lipinski definition) is 1. The van der Waals surface area contributed by atoms with Gasteiger partial charge in [-0.05, 0) is 29.3 Å². The van der Waals surface area contributed by atoms with Crippen LogP contribution < -0.4 is 5.32 Å². The lowest BCUT2D eigenvalue weighted by molar-refractivity contribution is -0.129.